The van der Waals surface area contributed by atoms with Crippen molar-refractivity contribution in [3.63, 3.8) is 0 Å². The number of nitrogens with zero attached hydrogens (tertiary/aromatic N) is 2. The van der Waals surface area contributed by atoms with Crippen LogP contribution in [0.5, 0.6) is 0 Å². The van der Waals surface area contributed by atoms with Crippen LogP contribution in [0.1, 0.15) is 22.3 Å². The molecule has 1 aromatic rings. The maximum Gasteiger partial charge on any atom is 0.255 e. The standard InChI is InChI=1S/C16H25BrN2O2/c1-13-7-5-8-14(15(13)17)16(20)19(11-12-21-4)10-6-9-18(2)3/h5,7-8H,6,9-12H2,1-4H3. The van der Waals surface area contributed by atoms with Gasteiger partial charge in [0.25, 0.3) is 5.91 Å². The second-order valence-electron chi connectivity index (χ2n) is 5.38. The van der Waals surface area contributed by atoms with Gasteiger partial charge in [-0.2, -0.15) is 0 Å². The summed E-state index contributed by atoms with van der Waals surface area (Å²) in [6.45, 7) is 4.86. The Hall–Kier alpha value is -0.910. The van der Waals surface area contributed by atoms with Crippen LogP contribution in [0.3, 0.4) is 0 Å². The quantitative estimate of drug-likeness (QED) is 0.717. The number of halogens is 1. The first kappa shape index (κ1) is 18.1. The monoisotopic (exact) mass is 356 g/mol. The molecule has 0 radical (unpaired) electrons. The lowest BCUT2D eigenvalue weighted by molar-refractivity contribution is 0.0688. The third-order valence-corrected chi connectivity index (χ3v) is 4.36. The van der Waals surface area contributed by atoms with Crippen molar-refractivity contribution in [2.75, 3.05) is 47.4 Å². The highest BCUT2D eigenvalue weighted by molar-refractivity contribution is 9.10. The van der Waals surface area contributed by atoms with Gasteiger partial charge in [-0.1, -0.05) is 12.1 Å². The number of amides is 1. The van der Waals surface area contributed by atoms with Gasteiger partial charge in [0.1, 0.15) is 0 Å². The molecule has 0 aromatic heterocycles. The maximum absolute atomic E-state index is 12.7. The first-order valence-electron chi connectivity index (χ1n) is 7.15. The topological polar surface area (TPSA) is 32.8 Å². The Morgan fingerprint density at radius 3 is 2.57 bits per heavy atom. The van der Waals surface area contributed by atoms with Gasteiger partial charge in [-0.05, 0) is 61.5 Å². The van der Waals surface area contributed by atoms with E-state index in [1.54, 1.807) is 7.11 Å². The molecule has 5 heteroatoms. The number of aryl methyl sites for hydroxylation is 1. The number of hydrogen-bond acceptors (Lipinski definition) is 3. The Balaban J connectivity index is 2.80. The van der Waals surface area contributed by atoms with Gasteiger partial charge < -0.3 is 14.5 Å². The lowest BCUT2D eigenvalue weighted by Crippen LogP contribution is -2.36. The highest BCUT2D eigenvalue weighted by atomic mass is 79.9. The lowest BCUT2D eigenvalue weighted by atomic mass is 10.1. The van der Waals surface area contributed by atoms with E-state index >= 15 is 0 Å². The van der Waals surface area contributed by atoms with E-state index in [2.05, 4.69) is 20.8 Å². The number of hydrogen-bond donors (Lipinski definition) is 0. The van der Waals surface area contributed by atoms with Crippen LogP contribution < -0.4 is 0 Å². The lowest BCUT2D eigenvalue weighted by Gasteiger charge is -2.24. The summed E-state index contributed by atoms with van der Waals surface area (Å²) in [7, 11) is 5.74. The molecule has 0 saturated carbocycles. The van der Waals surface area contributed by atoms with Gasteiger partial charge in [0.15, 0.2) is 0 Å². The van der Waals surface area contributed by atoms with Gasteiger partial charge in [0.05, 0.1) is 12.2 Å². The van der Waals surface area contributed by atoms with Crippen molar-refractivity contribution in [1.29, 1.82) is 0 Å². The van der Waals surface area contributed by atoms with Gasteiger partial charge in [-0.3, -0.25) is 4.79 Å². The zero-order chi connectivity index (χ0) is 15.8. The molecule has 21 heavy (non-hydrogen) atoms. The van der Waals surface area contributed by atoms with Crippen molar-refractivity contribution in [1.82, 2.24) is 9.80 Å². The van der Waals surface area contributed by atoms with Crippen LogP contribution in [0.2, 0.25) is 0 Å². The summed E-state index contributed by atoms with van der Waals surface area (Å²) in [6.07, 6.45) is 0.950. The Labute approximate surface area is 136 Å². The molecule has 118 valence electrons. The molecule has 0 fully saturated rings. The van der Waals surface area contributed by atoms with Crippen LogP contribution in [0, 0.1) is 6.92 Å². The number of carbonyl (C=O) groups excluding carboxylic acids is 1. The highest BCUT2D eigenvalue weighted by Gasteiger charge is 2.18. The van der Waals surface area contributed by atoms with Gasteiger partial charge in [0, 0.05) is 24.7 Å². The van der Waals surface area contributed by atoms with Gasteiger partial charge in [-0.25, -0.2) is 0 Å². The Morgan fingerprint density at radius 1 is 1.24 bits per heavy atom. The van der Waals surface area contributed by atoms with Crippen molar-refractivity contribution in [3.05, 3.63) is 33.8 Å². The van der Waals surface area contributed by atoms with E-state index in [4.69, 9.17) is 4.74 Å². The molecule has 1 rings (SSSR count). The number of benzene rings is 1. The minimum absolute atomic E-state index is 0.0568. The molecule has 1 amide bonds. The van der Waals surface area contributed by atoms with Gasteiger partial charge in [-0.15, -0.1) is 0 Å². The number of methoxy groups -OCH3 is 1. The highest BCUT2D eigenvalue weighted by Crippen LogP contribution is 2.22. The molecule has 0 aliphatic heterocycles. The minimum Gasteiger partial charge on any atom is -0.383 e. The van der Waals surface area contributed by atoms with E-state index in [-0.39, 0.29) is 5.91 Å². The average Bonchev–Trinajstić information content (AvgIpc) is 2.44. The summed E-state index contributed by atoms with van der Waals surface area (Å²) < 4.78 is 6.00. The third-order valence-electron chi connectivity index (χ3n) is 3.31. The first-order valence-corrected chi connectivity index (χ1v) is 7.94. The molecular formula is C16H25BrN2O2. The summed E-state index contributed by atoms with van der Waals surface area (Å²) in [5, 5.41) is 0. The number of carbonyl (C=O) groups is 1. The average molecular weight is 357 g/mol. The molecule has 0 atom stereocenters. The predicted octanol–water partition coefficient (Wildman–Crippen LogP) is 2.80. The Morgan fingerprint density at radius 2 is 1.95 bits per heavy atom. The predicted molar refractivity (Wildman–Crippen MR) is 89.8 cm³/mol. The molecule has 0 aliphatic carbocycles. The maximum atomic E-state index is 12.7. The van der Waals surface area contributed by atoms with Gasteiger partial charge in [0.2, 0.25) is 0 Å². The molecule has 0 spiro atoms. The SMILES string of the molecule is COCCN(CCCN(C)C)C(=O)c1cccc(C)c1Br. The molecule has 0 unspecified atom stereocenters. The largest absolute Gasteiger partial charge is 0.383 e. The van der Waals surface area contributed by atoms with E-state index in [1.807, 2.05) is 44.1 Å². The van der Waals surface area contributed by atoms with Crippen LogP contribution in [0.4, 0.5) is 0 Å². The van der Waals surface area contributed by atoms with Crippen molar-refractivity contribution in [2.45, 2.75) is 13.3 Å². The van der Waals surface area contributed by atoms with Crippen molar-refractivity contribution in [2.24, 2.45) is 0 Å². The zero-order valence-electron chi connectivity index (χ0n) is 13.4. The molecule has 0 saturated heterocycles. The van der Waals surface area contributed by atoms with E-state index in [0.29, 0.717) is 13.2 Å². The summed E-state index contributed by atoms with van der Waals surface area (Å²) in [5.74, 6) is 0.0568. The zero-order valence-corrected chi connectivity index (χ0v) is 14.9. The van der Waals surface area contributed by atoms with E-state index in [9.17, 15) is 4.79 Å². The third kappa shape index (κ3) is 5.77. The van der Waals surface area contributed by atoms with Crippen LogP contribution in [0.25, 0.3) is 0 Å². The van der Waals surface area contributed by atoms with E-state index in [1.165, 1.54) is 0 Å². The second kappa shape index (κ2) is 9.18. The molecule has 4 nitrogen and oxygen atoms in total. The Kier molecular flexibility index (Phi) is 7.93. The summed E-state index contributed by atoms with van der Waals surface area (Å²) in [4.78, 5) is 16.7. The summed E-state index contributed by atoms with van der Waals surface area (Å²) in [6, 6.07) is 5.78. The fraction of sp³-hybridized carbons (Fsp3) is 0.562. The van der Waals surface area contributed by atoms with Crippen LogP contribution in [-0.2, 0) is 4.74 Å². The van der Waals surface area contributed by atoms with Crippen molar-refractivity contribution in [3.8, 4) is 0 Å². The van der Waals surface area contributed by atoms with E-state index < -0.39 is 0 Å². The number of rotatable bonds is 8. The Bertz CT molecular complexity index is 464. The van der Waals surface area contributed by atoms with Crippen LogP contribution >= 0.6 is 15.9 Å². The summed E-state index contributed by atoms with van der Waals surface area (Å²) >= 11 is 3.52. The van der Waals surface area contributed by atoms with Crippen LogP contribution in [-0.4, -0.2) is 63.2 Å². The normalized spacial score (nSPS) is 11.0. The molecule has 0 aliphatic rings. The van der Waals surface area contributed by atoms with Gasteiger partial charge >= 0.3 is 0 Å². The number of ether oxygens (including phenoxy) is 1. The molecule has 1 aromatic carbocycles. The fourth-order valence-electron chi connectivity index (χ4n) is 2.08. The smallest absolute Gasteiger partial charge is 0.255 e. The molecule has 0 heterocycles. The fourth-order valence-corrected chi connectivity index (χ4v) is 2.51. The van der Waals surface area contributed by atoms with Crippen LogP contribution in [0.15, 0.2) is 22.7 Å². The first-order chi connectivity index (χ1) is 9.97. The molecule has 0 bridgehead atoms. The summed E-state index contributed by atoms with van der Waals surface area (Å²) in [5.41, 5.74) is 1.79. The van der Waals surface area contributed by atoms with E-state index in [0.717, 1.165) is 35.1 Å². The minimum atomic E-state index is 0.0568. The van der Waals surface area contributed by atoms with Crippen molar-refractivity contribution >= 4 is 21.8 Å². The molecular weight excluding hydrogens is 332 g/mol. The molecule has 0 N–H and O–H groups in total. The second-order valence-corrected chi connectivity index (χ2v) is 6.17. The van der Waals surface area contributed by atoms with Crippen molar-refractivity contribution < 1.29 is 9.53 Å².